The molecule has 10 heteroatoms. The zero-order valence-corrected chi connectivity index (χ0v) is 11.6. The molecule has 0 atom stereocenters. The standard InChI is InChI=1S/C12H8ClF3N6/c13-8-3-17-4-9(19-8)18-5-11-21-20-10-2-1-7(6-22(10)11)12(14,15)16/h1-4,6H,5H2,(H,18,19). The number of nitrogens with zero attached hydrogens (tertiary/aromatic N) is 5. The fraction of sp³-hybridized carbons (Fsp3) is 0.167. The van der Waals surface area contributed by atoms with Gasteiger partial charge in [0.05, 0.1) is 24.5 Å². The summed E-state index contributed by atoms with van der Waals surface area (Å²) in [4.78, 5) is 7.81. The van der Waals surface area contributed by atoms with Gasteiger partial charge in [-0.1, -0.05) is 11.6 Å². The third-order valence-electron chi connectivity index (χ3n) is 2.83. The SMILES string of the molecule is FC(F)(F)c1ccc2nnc(CNc3cncc(Cl)n3)n2c1. The Bertz CT molecular complexity index is 816. The van der Waals surface area contributed by atoms with Crippen LogP contribution in [0.2, 0.25) is 5.15 Å². The van der Waals surface area contributed by atoms with Crippen molar-refractivity contribution in [3.05, 3.63) is 47.3 Å². The van der Waals surface area contributed by atoms with Gasteiger partial charge in [0.2, 0.25) is 0 Å². The molecule has 1 N–H and O–H groups in total. The summed E-state index contributed by atoms with van der Waals surface area (Å²) >= 11 is 5.70. The molecule has 0 amide bonds. The van der Waals surface area contributed by atoms with Gasteiger partial charge in [0.25, 0.3) is 0 Å². The van der Waals surface area contributed by atoms with E-state index in [0.717, 1.165) is 12.3 Å². The highest BCUT2D eigenvalue weighted by Crippen LogP contribution is 2.29. The second-order valence-corrected chi connectivity index (χ2v) is 4.73. The molecule has 22 heavy (non-hydrogen) atoms. The lowest BCUT2D eigenvalue weighted by Gasteiger charge is -2.08. The highest BCUT2D eigenvalue weighted by Gasteiger charge is 2.31. The lowest BCUT2D eigenvalue weighted by Crippen LogP contribution is -2.09. The Balaban J connectivity index is 1.87. The zero-order valence-electron chi connectivity index (χ0n) is 10.8. The monoisotopic (exact) mass is 328 g/mol. The van der Waals surface area contributed by atoms with Crippen molar-refractivity contribution in [1.29, 1.82) is 0 Å². The number of pyridine rings is 1. The molecule has 0 spiro atoms. The summed E-state index contributed by atoms with van der Waals surface area (Å²) in [5.41, 5.74) is -0.453. The van der Waals surface area contributed by atoms with E-state index < -0.39 is 11.7 Å². The van der Waals surface area contributed by atoms with Crippen LogP contribution in [-0.2, 0) is 12.7 Å². The van der Waals surface area contributed by atoms with Gasteiger partial charge in [0.1, 0.15) is 11.0 Å². The summed E-state index contributed by atoms with van der Waals surface area (Å²) in [6, 6.07) is 2.22. The van der Waals surface area contributed by atoms with Gasteiger partial charge in [-0.05, 0) is 12.1 Å². The average Bonchev–Trinajstić information content (AvgIpc) is 2.86. The van der Waals surface area contributed by atoms with Gasteiger partial charge in [-0.15, -0.1) is 10.2 Å². The number of alkyl halides is 3. The number of hydrogen-bond donors (Lipinski definition) is 1. The summed E-state index contributed by atoms with van der Waals surface area (Å²) in [5.74, 6) is 0.694. The minimum absolute atomic E-state index is 0.123. The van der Waals surface area contributed by atoms with Crippen molar-refractivity contribution < 1.29 is 13.2 Å². The van der Waals surface area contributed by atoms with Gasteiger partial charge in [0.15, 0.2) is 11.5 Å². The molecule has 3 heterocycles. The first kappa shape index (κ1) is 14.5. The molecule has 3 aromatic rings. The first-order valence-corrected chi connectivity index (χ1v) is 6.43. The Kier molecular flexibility index (Phi) is 3.57. The molecule has 0 aromatic carbocycles. The predicted molar refractivity (Wildman–Crippen MR) is 72.4 cm³/mol. The van der Waals surface area contributed by atoms with Crippen LogP contribution in [0.5, 0.6) is 0 Å². The van der Waals surface area contributed by atoms with Crippen molar-refractivity contribution in [2.75, 3.05) is 5.32 Å². The molecule has 114 valence electrons. The second kappa shape index (κ2) is 5.41. The van der Waals surface area contributed by atoms with Gasteiger partial charge >= 0.3 is 6.18 Å². The minimum Gasteiger partial charge on any atom is -0.361 e. The molecular formula is C12H8ClF3N6. The van der Waals surface area contributed by atoms with Gasteiger partial charge in [-0.25, -0.2) is 4.98 Å². The molecule has 0 unspecified atom stereocenters. The molecule has 6 nitrogen and oxygen atoms in total. The van der Waals surface area contributed by atoms with Crippen LogP contribution in [-0.4, -0.2) is 24.6 Å². The Labute approximate surface area is 127 Å². The fourth-order valence-corrected chi connectivity index (χ4v) is 1.97. The Hall–Kier alpha value is -2.42. The number of fused-ring (bicyclic) bond motifs is 1. The number of rotatable bonds is 3. The average molecular weight is 329 g/mol. The summed E-state index contributed by atoms with van der Waals surface area (Å²) in [5, 5.41) is 10.8. The number of halogens is 4. The van der Waals surface area contributed by atoms with Crippen molar-refractivity contribution in [2.24, 2.45) is 0 Å². The van der Waals surface area contributed by atoms with E-state index >= 15 is 0 Å². The van der Waals surface area contributed by atoms with E-state index in [1.54, 1.807) is 0 Å². The van der Waals surface area contributed by atoms with E-state index in [1.165, 1.54) is 22.9 Å². The molecular weight excluding hydrogens is 321 g/mol. The molecule has 0 aliphatic carbocycles. The third kappa shape index (κ3) is 2.93. The maximum absolute atomic E-state index is 12.7. The third-order valence-corrected chi connectivity index (χ3v) is 3.02. The van der Waals surface area contributed by atoms with Crippen molar-refractivity contribution in [3.8, 4) is 0 Å². The van der Waals surface area contributed by atoms with Crippen LogP contribution in [0.4, 0.5) is 19.0 Å². The maximum atomic E-state index is 12.7. The van der Waals surface area contributed by atoms with E-state index in [4.69, 9.17) is 11.6 Å². The lowest BCUT2D eigenvalue weighted by molar-refractivity contribution is -0.137. The predicted octanol–water partition coefficient (Wildman–Crippen LogP) is 2.80. The van der Waals surface area contributed by atoms with Crippen LogP contribution in [0.1, 0.15) is 11.4 Å². The summed E-state index contributed by atoms with van der Waals surface area (Å²) < 4.78 is 39.5. The molecule has 3 rings (SSSR count). The number of nitrogens with one attached hydrogen (secondary N) is 1. The molecule has 0 bridgehead atoms. The van der Waals surface area contributed by atoms with Crippen LogP contribution in [0, 0.1) is 0 Å². The summed E-state index contributed by atoms with van der Waals surface area (Å²) in [6.07, 6.45) is -0.664. The van der Waals surface area contributed by atoms with E-state index in [9.17, 15) is 13.2 Å². The number of anilines is 1. The van der Waals surface area contributed by atoms with Crippen LogP contribution in [0.25, 0.3) is 5.65 Å². The highest BCUT2D eigenvalue weighted by atomic mass is 35.5. The lowest BCUT2D eigenvalue weighted by atomic mass is 10.3. The zero-order chi connectivity index (χ0) is 15.7. The van der Waals surface area contributed by atoms with E-state index in [-0.39, 0.29) is 11.7 Å². The fourth-order valence-electron chi connectivity index (χ4n) is 1.82. The number of aromatic nitrogens is 5. The van der Waals surface area contributed by atoms with E-state index in [1.807, 2.05) is 0 Å². The number of hydrogen-bond acceptors (Lipinski definition) is 5. The Morgan fingerprint density at radius 3 is 2.73 bits per heavy atom. The van der Waals surface area contributed by atoms with E-state index in [2.05, 4.69) is 25.5 Å². The first-order chi connectivity index (χ1) is 10.4. The van der Waals surface area contributed by atoms with Crippen LogP contribution >= 0.6 is 11.6 Å². The summed E-state index contributed by atoms with van der Waals surface area (Å²) in [6.45, 7) is 0.123. The van der Waals surface area contributed by atoms with Gasteiger partial charge in [0, 0.05) is 6.20 Å². The second-order valence-electron chi connectivity index (χ2n) is 4.34. The molecule has 0 saturated carbocycles. The van der Waals surface area contributed by atoms with Crippen molar-refractivity contribution >= 4 is 23.1 Å². The van der Waals surface area contributed by atoms with Crippen molar-refractivity contribution in [1.82, 2.24) is 24.6 Å². The summed E-state index contributed by atoms with van der Waals surface area (Å²) in [7, 11) is 0. The highest BCUT2D eigenvalue weighted by molar-refractivity contribution is 6.29. The van der Waals surface area contributed by atoms with E-state index in [0.29, 0.717) is 17.3 Å². The van der Waals surface area contributed by atoms with Crippen molar-refractivity contribution in [2.45, 2.75) is 12.7 Å². The molecule has 0 fully saturated rings. The molecule has 0 aliphatic heterocycles. The largest absolute Gasteiger partial charge is 0.417 e. The van der Waals surface area contributed by atoms with Crippen LogP contribution in [0.15, 0.2) is 30.7 Å². The normalized spacial score (nSPS) is 11.8. The Morgan fingerprint density at radius 1 is 1.18 bits per heavy atom. The minimum atomic E-state index is -4.43. The van der Waals surface area contributed by atoms with Crippen LogP contribution < -0.4 is 5.32 Å². The van der Waals surface area contributed by atoms with Gasteiger partial charge in [-0.3, -0.25) is 9.38 Å². The smallest absolute Gasteiger partial charge is 0.361 e. The van der Waals surface area contributed by atoms with Crippen LogP contribution in [0.3, 0.4) is 0 Å². The first-order valence-electron chi connectivity index (χ1n) is 6.06. The topological polar surface area (TPSA) is 68.0 Å². The molecule has 0 aliphatic rings. The molecule has 3 aromatic heterocycles. The van der Waals surface area contributed by atoms with Gasteiger partial charge < -0.3 is 5.32 Å². The Morgan fingerprint density at radius 2 is 2.00 bits per heavy atom. The quantitative estimate of drug-likeness (QED) is 0.800. The van der Waals surface area contributed by atoms with Gasteiger partial charge in [-0.2, -0.15) is 13.2 Å². The van der Waals surface area contributed by atoms with Crippen molar-refractivity contribution in [3.63, 3.8) is 0 Å². The maximum Gasteiger partial charge on any atom is 0.417 e. The molecule has 0 radical (unpaired) electrons. The molecule has 0 saturated heterocycles.